The van der Waals surface area contributed by atoms with E-state index in [1.54, 1.807) is 0 Å². The molecule has 0 spiro atoms. The minimum atomic E-state index is 0.213. The summed E-state index contributed by atoms with van der Waals surface area (Å²) in [6.45, 7) is 0.914. The zero-order valence-corrected chi connectivity index (χ0v) is 11.8. The molecule has 1 atom stereocenters. The van der Waals surface area contributed by atoms with Crippen molar-refractivity contribution in [3.63, 3.8) is 0 Å². The number of fused-ring (bicyclic) bond motifs is 1. The summed E-state index contributed by atoms with van der Waals surface area (Å²) in [6, 6.07) is 9.52. The van der Waals surface area contributed by atoms with Crippen molar-refractivity contribution < 1.29 is 4.79 Å². The Morgan fingerprint density at radius 2 is 2.16 bits per heavy atom. The van der Waals surface area contributed by atoms with Gasteiger partial charge in [-0.15, -0.1) is 11.8 Å². The number of hydrogen-bond acceptors (Lipinski definition) is 3. The van der Waals surface area contributed by atoms with Gasteiger partial charge in [0.2, 0.25) is 5.91 Å². The Hall–Kier alpha value is -1.00. The number of thioether (sulfide) groups is 1. The Balaban J connectivity index is 1.37. The first-order chi connectivity index (χ1) is 9.33. The first-order valence-corrected chi connectivity index (χ1v) is 8.06. The number of carbonyl (C=O) groups is 1. The number of rotatable bonds is 6. The van der Waals surface area contributed by atoms with Crippen LogP contribution in [0.3, 0.4) is 0 Å². The smallest absolute Gasteiger partial charge is 0.220 e. The fourth-order valence-electron chi connectivity index (χ4n) is 2.38. The second-order valence-corrected chi connectivity index (χ2v) is 6.36. The molecular formula is C15H20N2OS. The van der Waals surface area contributed by atoms with Crippen molar-refractivity contribution in [3.05, 3.63) is 29.8 Å². The number of benzene rings is 1. The Kier molecular flexibility index (Phi) is 4.09. The molecule has 4 heteroatoms. The average molecular weight is 276 g/mol. The van der Waals surface area contributed by atoms with Crippen LogP contribution in [-0.4, -0.2) is 24.2 Å². The first-order valence-electron chi connectivity index (χ1n) is 7.07. The summed E-state index contributed by atoms with van der Waals surface area (Å²) < 4.78 is 0. The van der Waals surface area contributed by atoms with Gasteiger partial charge in [-0.2, -0.15) is 0 Å². The van der Waals surface area contributed by atoms with Gasteiger partial charge in [-0.05, 0) is 37.4 Å². The van der Waals surface area contributed by atoms with Gasteiger partial charge < -0.3 is 10.6 Å². The van der Waals surface area contributed by atoms with E-state index in [1.807, 2.05) is 11.8 Å². The Morgan fingerprint density at radius 1 is 1.32 bits per heavy atom. The van der Waals surface area contributed by atoms with E-state index >= 15 is 0 Å². The third-order valence-electron chi connectivity index (χ3n) is 3.61. The quantitative estimate of drug-likeness (QED) is 0.784. The third kappa shape index (κ3) is 3.51. The maximum Gasteiger partial charge on any atom is 0.220 e. The van der Waals surface area contributed by atoms with Crippen molar-refractivity contribution in [1.29, 1.82) is 0 Å². The van der Waals surface area contributed by atoms with Crippen LogP contribution in [0.1, 0.15) is 37.3 Å². The van der Waals surface area contributed by atoms with Crippen LogP contribution in [0.2, 0.25) is 0 Å². The van der Waals surface area contributed by atoms with Gasteiger partial charge in [0.25, 0.3) is 0 Å². The summed E-state index contributed by atoms with van der Waals surface area (Å²) in [7, 11) is 0. The summed E-state index contributed by atoms with van der Waals surface area (Å²) in [4.78, 5) is 12.9. The molecule has 3 rings (SSSR count). The predicted octanol–water partition coefficient (Wildman–Crippen LogP) is 2.48. The maximum atomic E-state index is 11.5. The van der Waals surface area contributed by atoms with Crippen LogP contribution in [0.4, 0.5) is 0 Å². The van der Waals surface area contributed by atoms with E-state index in [4.69, 9.17) is 0 Å². The van der Waals surface area contributed by atoms with E-state index in [1.165, 1.54) is 23.3 Å². The van der Waals surface area contributed by atoms with Crippen molar-refractivity contribution >= 4 is 17.7 Å². The average Bonchev–Trinajstić information content (AvgIpc) is 3.14. The molecule has 1 heterocycles. The monoisotopic (exact) mass is 276 g/mol. The van der Waals surface area contributed by atoms with Gasteiger partial charge in [-0.25, -0.2) is 0 Å². The standard InChI is InChI=1S/C15H20N2OS/c18-15(17-11-7-8-11)6-3-9-16-13-10-19-14-5-2-1-4-12(13)14/h1-2,4-5,11,13,16H,3,6-10H2,(H,17,18). The van der Waals surface area contributed by atoms with Gasteiger partial charge >= 0.3 is 0 Å². The van der Waals surface area contributed by atoms with Gasteiger partial charge in [-0.3, -0.25) is 4.79 Å². The summed E-state index contributed by atoms with van der Waals surface area (Å²) in [5, 5.41) is 6.59. The molecular weight excluding hydrogens is 256 g/mol. The molecule has 1 aliphatic carbocycles. The molecule has 1 aromatic carbocycles. The van der Waals surface area contributed by atoms with E-state index in [0.717, 1.165) is 18.7 Å². The highest BCUT2D eigenvalue weighted by Crippen LogP contribution is 2.37. The molecule has 102 valence electrons. The molecule has 19 heavy (non-hydrogen) atoms. The normalized spacial score (nSPS) is 21.2. The zero-order chi connectivity index (χ0) is 13.1. The fraction of sp³-hybridized carbons (Fsp3) is 0.533. The lowest BCUT2D eigenvalue weighted by atomic mass is 10.1. The SMILES string of the molecule is O=C(CCCNC1CSc2ccccc21)NC1CC1. The molecule has 1 amide bonds. The van der Waals surface area contributed by atoms with Crippen LogP contribution in [0.15, 0.2) is 29.2 Å². The second kappa shape index (κ2) is 5.97. The van der Waals surface area contributed by atoms with E-state index in [9.17, 15) is 4.79 Å². The highest BCUT2D eigenvalue weighted by Gasteiger charge is 2.23. The third-order valence-corrected chi connectivity index (χ3v) is 4.80. The molecule has 2 N–H and O–H groups in total. The van der Waals surface area contributed by atoms with Crippen molar-refractivity contribution in [2.75, 3.05) is 12.3 Å². The lowest BCUT2D eigenvalue weighted by molar-refractivity contribution is -0.121. The molecule has 1 fully saturated rings. The molecule has 1 saturated carbocycles. The second-order valence-electron chi connectivity index (χ2n) is 5.30. The summed E-state index contributed by atoms with van der Waals surface area (Å²) in [5.74, 6) is 1.32. The highest BCUT2D eigenvalue weighted by atomic mass is 32.2. The summed E-state index contributed by atoms with van der Waals surface area (Å²) in [5.41, 5.74) is 1.41. The van der Waals surface area contributed by atoms with E-state index in [0.29, 0.717) is 18.5 Å². The van der Waals surface area contributed by atoms with Gasteiger partial charge in [0, 0.05) is 29.2 Å². The number of amides is 1. The minimum absolute atomic E-state index is 0.213. The molecule has 0 saturated heterocycles. The number of nitrogens with one attached hydrogen (secondary N) is 2. The molecule has 1 unspecified atom stereocenters. The van der Waals surface area contributed by atoms with Crippen LogP contribution in [0.5, 0.6) is 0 Å². The molecule has 1 aliphatic heterocycles. The maximum absolute atomic E-state index is 11.5. The van der Waals surface area contributed by atoms with Crippen molar-refractivity contribution in [2.24, 2.45) is 0 Å². The van der Waals surface area contributed by atoms with E-state index in [-0.39, 0.29) is 5.91 Å². The minimum Gasteiger partial charge on any atom is -0.353 e. The zero-order valence-electron chi connectivity index (χ0n) is 11.0. The first kappa shape index (κ1) is 13.0. The number of carbonyl (C=O) groups excluding carboxylic acids is 1. The lowest BCUT2D eigenvalue weighted by Gasteiger charge is -2.13. The van der Waals surface area contributed by atoms with Gasteiger partial charge in [0.05, 0.1) is 0 Å². The van der Waals surface area contributed by atoms with Crippen molar-refractivity contribution in [1.82, 2.24) is 10.6 Å². The predicted molar refractivity (Wildman–Crippen MR) is 78.3 cm³/mol. The summed E-state index contributed by atoms with van der Waals surface area (Å²) >= 11 is 1.92. The fourth-order valence-corrected chi connectivity index (χ4v) is 3.58. The largest absolute Gasteiger partial charge is 0.353 e. The van der Waals surface area contributed by atoms with Crippen LogP contribution >= 0.6 is 11.8 Å². The topological polar surface area (TPSA) is 41.1 Å². The molecule has 3 nitrogen and oxygen atoms in total. The van der Waals surface area contributed by atoms with Gasteiger partial charge in [0.15, 0.2) is 0 Å². The van der Waals surface area contributed by atoms with E-state index < -0.39 is 0 Å². The Morgan fingerprint density at radius 3 is 3.00 bits per heavy atom. The van der Waals surface area contributed by atoms with Crippen LogP contribution < -0.4 is 10.6 Å². The lowest BCUT2D eigenvalue weighted by Crippen LogP contribution is -2.27. The number of hydrogen-bond donors (Lipinski definition) is 2. The van der Waals surface area contributed by atoms with Crippen molar-refractivity contribution in [2.45, 2.75) is 42.7 Å². The van der Waals surface area contributed by atoms with Gasteiger partial charge in [0.1, 0.15) is 0 Å². The molecule has 2 aliphatic rings. The molecule has 0 radical (unpaired) electrons. The van der Waals surface area contributed by atoms with E-state index in [2.05, 4.69) is 34.9 Å². The molecule has 1 aromatic rings. The Labute approximate surface area is 118 Å². The van der Waals surface area contributed by atoms with Gasteiger partial charge in [-0.1, -0.05) is 18.2 Å². The van der Waals surface area contributed by atoms with Crippen LogP contribution in [-0.2, 0) is 4.79 Å². The molecule has 0 aromatic heterocycles. The summed E-state index contributed by atoms with van der Waals surface area (Å²) in [6.07, 6.45) is 3.90. The molecule has 0 bridgehead atoms. The van der Waals surface area contributed by atoms with Crippen molar-refractivity contribution in [3.8, 4) is 0 Å². The Bertz CT molecular complexity index is 459. The van der Waals surface area contributed by atoms with Crippen LogP contribution in [0, 0.1) is 0 Å². The van der Waals surface area contributed by atoms with Crippen LogP contribution in [0.25, 0.3) is 0 Å². The highest BCUT2D eigenvalue weighted by molar-refractivity contribution is 7.99.